The van der Waals surface area contributed by atoms with E-state index in [1.807, 2.05) is 6.07 Å². The Balaban J connectivity index is 2.08. The number of nitrogen functional groups attached to an aromatic ring is 1. The molecule has 0 bridgehead atoms. The Kier molecular flexibility index (Phi) is 2.77. The monoisotopic (exact) mass is 269 g/mol. The van der Waals surface area contributed by atoms with Gasteiger partial charge in [0.1, 0.15) is 6.07 Å². The fraction of sp³-hybridized carbons (Fsp3) is 0.182. The molecule has 3 rings (SSSR count). The molecule has 9 heteroatoms. The normalized spacial score (nSPS) is 10.7. The van der Waals surface area contributed by atoms with Crippen LogP contribution in [-0.2, 0) is 13.6 Å². The van der Waals surface area contributed by atoms with Crippen LogP contribution in [0.15, 0.2) is 18.6 Å². The lowest BCUT2D eigenvalue weighted by atomic mass is 10.4. The highest BCUT2D eigenvalue weighted by Crippen LogP contribution is 2.18. The molecule has 3 aromatic rings. The fourth-order valence-corrected chi connectivity index (χ4v) is 1.95. The van der Waals surface area contributed by atoms with Crippen LogP contribution in [0, 0.1) is 11.3 Å². The first-order chi connectivity index (χ1) is 9.72. The number of nitriles is 1. The van der Waals surface area contributed by atoms with Gasteiger partial charge in [-0.1, -0.05) is 0 Å². The molecule has 20 heavy (non-hydrogen) atoms. The van der Waals surface area contributed by atoms with E-state index in [4.69, 9.17) is 11.1 Å². The third-order valence-electron chi connectivity index (χ3n) is 2.90. The number of nitrogens with zero attached hydrogens (tertiary/aromatic N) is 7. The number of fused-ring (bicyclic) bond motifs is 1. The largest absolute Gasteiger partial charge is 0.315 e. The quantitative estimate of drug-likeness (QED) is 0.497. The van der Waals surface area contributed by atoms with Crippen LogP contribution < -0.4 is 11.3 Å². The van der Waals surface area contributed by atoms with Gasteiger partial charge in [0.05, 0.1) is 18.1 Å². The molecule has 9 nitrogen and oxygen atoms in total. The van der Waals surface area contributed by atoms with Gasteiger partial charge < -0.3 is 9.99 Å². The molecule has 0 atom stereocenters. The van der Waals surface area contributed by atoms with E-state index in [9.17, 15) is 0 Å². The van der Waals surface area contributed by atoms with Crippen molar-refractivity contribution in [1.82, 2.24) is 29.3 Å². The minimum Gasteiger partial charge on any atom is -0.315 e. The van der Waals surface area contributed by atoms with Gasteiger partial charge in [0.2, 0.25) is 5.82 Å². The van der Waals surface area contributed by atoms with Crippen molar-refractivity contribution in [1.29, 1.82) is 5.26 Å². The maximum Gasteiger partial charge on any atom is 0.213 e. The van der Waals surface area contributed by atoms with Gasteiger partial charge in [-0.15, -0.1) is 0 Å². The van der Waals surface area contributed by atoms with Crippen molar-refractivity contribution >= 4 is 16.9 Å². The number of nitrogens with two attached hydrogens (primary N) is 1. The molecule has 0 amide bonds. The Morgan fingerprint density at radius 1 is 1.45 bits per heavy atom. The van der Waals surface area contributed by atoms with E-state index >= 15 is 0 Å². The molecule has 3 N–H and O–H groups in total. The highest BCUT2D eigenvalue weighted by Gasteiger charge is 2.12. The van der Waals surface area contributed by atoms with Crippen molar-refractivity contribution in [2.24, 2.45) is 12.9 Å². The van der Waals surface area contributed by atoms with Crippen LogP contribution in [0.4, 0.5) is 5.82 Å². The SMILES string of the molecule is Cn1ncc2c(NN)nc(Cn3ccnc3C#N)nc21. The zero-order valence-electron chi connectivity index (χ0n) is 10.6. The van der Waals surface area contributed by atoms with Crippen LogP contribution in [0.5, 0.6) is 0 Å². The molecule has 0 saturated heterocycles. The van der Waals surface area contributed by atoms with Crippen molar-refractivity contribution < 1.29 is 0 Å². The lowest BCUT2D eigenvalue weighted by Gasteiger charge is -2.06. The van der Waals surface area contributed by atoms with E-state index < -0.39 is 0 Å². The Morgan fingerprint density at radius 2 is 2.30 bits per heavy atom. The molecule has 0 saturated carbocycles. The molecule has 0 aliphatic rings. The van der Waals surface area contributed by atoms with E-state index in [0.717, 1.165) is 5.39 Å². The summed E-state index contributed by atoms with van der Waals surface area (Å²) in [6.45, 7) is 0.332. The van der Waals surface area contributed by atoms with Gasteiger partial charge in [-0.3, -0.25) is 4.68 Å². The lowest BCUT2D eigenvalue weighted by Crippen LogP contribution is -2.13. The van der Waals surface area contributed by atoms with E-state index in [1.165, 1.54) is 0 Å². The zero-order valence-corrected chi connectivity index (χ0v) is 10.6. The van der Waals surface area contributed by atoms with Crippen LogP contribution in [0.25, 0.3) is 11.0 Å². The fourth-order valence-electron chi connectivity index (χ4n) is 1.95. The Morgan fingerprint density at radius 3 is 3.05 bits per heavy atom. The zero-order chi connectivity index (χ0) is 14.1. The van der Waals surface area contributed by atoms with Gasteiger partial charge in [-0.05, 0) is 0 Å². The number of hydrazine groups is 1. The maximum atomic E-state index is 8.95. The van der Waals surface area contributed by atoms with Gasteiger partial charge >= 0.3 is 0 Å². The predicted molar refractivity (Wildman–Crippen MR) is 70.2 cm³/mol. The number of hydrogen-bond acceptors (Lipinski definition) is 7. The Hall–Kier alpha value is -2.99. The van der Waals surface area contributed by atoms with E-state index in [2.05, 4.69) is 25.5 Å². The van der Waals surface area contributed by atoms with Crippen LogP contribution in [0.2, 0.25) is 0 Å². The van der Waals surface area contributed by atoms with E-state index in [1.54, 1.807) is 34.9 Å². The molecule has 0 fully saturated rings. The highest BCUT2D eigenvalue weighted by atomic mass is 15.3. The molecule has 0 spiro atoms. The number of aromatic nitrogens is 6. The maximum absolute atomic E-state index is 8.95. The van der Waals surface area contributed by atoms with Crippen LogP contribution in [0.3, 0.4) is 0 Å². The second-order valence-corrected chi connectivity index (χ2v) is 4.13. The number of aryl methyl sites for hydroxylation is 1. The summed E-state index contributed by atoms with van der Waals surface area (Å²) in [5.41, 5.74) is 3.21. The molecular formula is C11H11N9. The predicted octanol–water partition coefficient (Wildman–Crippen LogP) is -0.235. The summed E-state index contributed by atoms with van der Waals surface area (Å²) >= 11 is 0. The first-order valence-electron chi connectivity index (χ1n) is 5.79. The first-order valence-corrected chi connectivity index (χ1v) is 5.79. The number of anilines is 1. The summed E-state index contributed by atoms with van der Waals surface area (Å²) in [4.78, 5) is 12.7. The van der Waals surface area contributed by atoms with Crippen LogP contribution in [-0.4, -0.2) is 29.3 Å². The average Bonchev–Trinajstić information content (AvgIpc) is 3.05. The molecule has 0 unspecified atom stereocenters. The van der Waals surface area contributed by atoms with Crippen molar-refractivity contribution in [2.75, 3.05) is 5.43 Å². The standard InChI is InChI=1S/C11H11N9/c1-19-11-7(5-15-19)10(18-13)16-8(17-11)6-20-3-2-14-9(20)4-12/h2-3,5H,6,13H2,1H3,(H,16,17,18). The van der Waals surface area contributed by atoms with Gasteiger partial charge in [0.15, 0.2) is 17.3 Å². The van der Waals surface area contributed by atoms with Crippen molar-refractivity contribution in [2.45, 2.75) is 6.54 Å². The summed E-state index contributed by atoms with van der Waals surface area (Å²) < 4.78 is 3.30. The third kappa shape index (κ3) is 1.84. The minimum atomic E-state index is 0.306. The van der Waals surface area contributed by atoms with E-state index in [0.29, 0.717) is 29.7 Å². The molecule has 0 radical (unpaired) electrons. The Labute approximate surface area is 113 Å². The van der Waals surface area contributed by atoms with Crippen LogP contribution in [0.1, 0.15) is 11.6 Å². The summed E-state index contributed by atoms with van der Waals surface area (Å²) in [7, 11) is 1.79. The third-order valence-corrected chi connectivity index (χ3v) is 2.90. The van der Waals surface area contributed by atoms with Crippen molar-refractivity contribution in [3.63, 3.8) is 0 Å². The minimum absolute atomic E-state index is 0.306. The lowest BCUT2D eigenvalue weighted by molar-refractivity contribution is 0.726. The van der Waals surface area contributed by atoms with Crippen molar-refractivity contribution in [3.8, 4) is 6.07 Å². The number of hydrogen-bond donors (Lipinski definition) is 2. The van der Waals surface area contributed by atoms with Gasteiger partial charge in [0.25, 0.3) is 0 Å². The first kappa shape index (κ1) is 12.1. The van der Waals surface area contributed by atoms with Crippen molar-refractivity contribution in [3.05, 3.63) is 30.2 Å². The summed E-state index contributed by atoms with van der Waals surface area (Å²) in [6.07, 6.45) is 4.90. The smallest absolute Gasteiger partial charge is 0.213 e. The molecule has 100 valence electrons. The van der Waals surface area contributed by atoms with Gasteiger partial charge in [-0.2, -0.15) is 10.4 Å². The number of nitrogens with one attached hydrogen (secondary N) is 1. The highest BCUT2D eigenvalue weighted by molar-refractivity contribution is 5.86. The summed E-state index contributed by atoms with van der Waals surface area (Å²) in [6, 6.07) is 2.01. The second kappa shape index (κ2) is 4.60. The summed E-state index contributed by atoms with van der Waals surface area (Å²) in [5, 5.41) is 13.8. The molecule has 0 aliphatic carbocycles. The topological polar surface area (TPSA) is 123 Å². The summed E-state index contributed by atoms with van der Waals surface area (Å²) in [5.74, 6) is 6.80. The Bertz CT molecular complexity index is 807. The number of imidazole rings is 1. The van der Waals surface area contributed by atoms with Gasteiger partial charge in [0, 0.05) is 19.4 Å². The molecule has 0 aromatic carbocycles. The molecule has 0 aliphatic heterocycles. The molecule has 3 aromatic heterocycles. The van der Waals surface area contributed by atoms with Gasteiger partial charge in [-0.25, -0.2) is 20.8 Å². The second-order valence-electron chi connectivity index (χ2n) is 4.13. The average molecular weight is 269 g/mol. The molecular weight excluding hydrogens is 258 g/mol. The van der Waals surface area contributed by atoms with Crippen LogP contribution >= 0.6 is 0 Å². The van der Waals surface area contributed by atoms with E-state index in [-0.39, 0.29) is 0 Å². The number of rotatable bonds is 3. The molecule has 3 heterocycles.